The van der Waals surface area contributed by atoms with E-state index in [-0.39, 0.29) is 72.0 Å². The molecule has 8 rings (SSSR count). The molecule has 1 fully saturated rings. The van der Waals surface area contributed by atoms with Gasteiger partial charge in [0.2, 0.25) is 12.7 Å². The average Bonchev–Trinajstić information content (AvgIpc) is 3.94. The van der Waals surface area contributed by atoms with Crippen LogP contribution in [-0.4, -0.2) is 94.1 Å². The van der Waals surface area contributed by atoms with Gasteiger partial charge in [0.25, 0.3) is 5.95 Å². The number of phosphoric acid groups is 1. The third-order valence-electron chi connectivity index (χ3n) is 13.6. The fourth-order valence-electron chi connectivity index (χ4n) is 9.48. The van der Waals surface area contributed by atoms with Gasteiger partial charge in [0.05, 0.1) is 59.9 Å². The lowest BCUT2D eigenvalue weighted by Gasteiger charge is -2.38. The summed E-state index contributed by atoms with van der Waals surface area (Å²) in [6, 6.07) is 37.2. The summed E-state index contributed by atoms with van der Waals surface area (Å²) in [5.41, 5.74) is 8.60. The molecule has 5 aromatic carbocycles. The van der Waals surface area contributed by atoms with Crippen molar-refractivity contribution in [2.24, 2.45) is 5.73 Å². The maximum atomic E-state index is 14.9. The Balaban J connectivity index is 1.10. The van der Waals surface area contributed by atoms with Gasteiger partial charge in [-0.15, -0.1) is 5.10 Å². The Morgan fingerprint density at radius 2 is 1.41 bits per heavy atom. The van der Waals surface area contributed by atoms with Gasteiger partial charge < -0.3 is 29.4 Å². The lowest BCUT2D eigenvalue weighted by Crippen LogP contribution is -2.53. The van der Waals surface area contributed by atoms with Gasteiger partial charge in [0, 0.05) is 43.7 Å². The second-order valence-electron chi connectivity index (χ2n) is 20.0. The number of nitriles is 2. The number of carbonyl (C=O) groups is 4. The molecule has 0 unspecified atom stereocenters. The van der Waals surface area contributed by atoms with Crippen LogP contribution in [0.1, 0.15) is 78.8 Å². The summed E-state index contributed by atoms with van der Waals surface area (Å²) < 4.78 is 51.0. The molecule has 0 aliphatic carbocycles. The molecule has 1 aliphatic rings. The minimum atomic E-state index is -4.39. The number of anilines is 4. The van der Waals surface area contributed by atoms with Gasteiger partial charge in [0.1, 0.15) is 18.4 Å². The number of esters is 1. The molecular formula is C59H61ClN11O11P. The normalized spacial score (nSPS) is 13.1. The van der Waals surface area contributed by atoms with Crippen LogP contribution in [0.25, 0.3) is 5.65 Å². The molecule has 24 heteroatoms. The maximum Gasteiger partial charge on any atom is 0.530 e. The summed E-state index contributed by atoms with van der Waals surface area (Å²) in [5.74, 6) is -1.88. The number of halogens is 1. The summed E-state index contributed by atoms with van der Waals surface area (Å²) in [6.07, 6.45) is -1.25. The Labute approximate surface area is 485 Å². The topological polar surface area (TPSA) is 270 Å². The van der Waals surface area contributed by atoms with Crippen LogP contribution >= 0.6 is 19.4 Å². The molecule has 0 saturated carbocycles. The molecule has 83 heavy (non-hydrogen) atoms. The Morgan fingerprint density at radius 3 is 1.98 bits per heavy atom. The summed E-state index contributed by atoms with van der Waals surface area (Å²) in [7, 11) is -4.39. The van der Waals surface area contributed by atoms with E-state index in [0.29, 0.717) is 48.6 Å². The highest BCUT2D eigenvalue weighted by Crippen LogP contribution is 2.54. The third kappa shape index (κ3) is 14.6. The number of hydrogen-bond donors (Lipinski definition) is 1. The number of fused-ring (bicyclic) bond motifs is 1. The predicted molar refractivity (Wildman–Crippen MR) is 308 cm³/mol. The molecular weight excluding hydrogens is 1110 g/mol. The highest BCUT2D eigenvalue weighted by atomic mass is 35.5. The molecule has 0 spiro atoms. The molecule has 0 radical (unpaired) electrons. The van der Waals surface area contributed by atoms with Crippen molar-refractivity contribution in [2.75, 3.05) is 54.2 Å². The smallest absolute Gasteiger partial charge is 0.444 e. The van der Waals surface area contributed by atoms with Gasteiger partial charge >= 0.3 is 26.0 Å². The summed E-state index contributed by atoms with van der Waals surface area (Å²) >= 11 is 7.30. The van der Waals surface area contributed by atoms with E-state index in [1.807, 2.05) is 103 Å². The van der Waals surface area contributed by atoms with Crippen LogP contribution in [0.2, 0.25) is 5.02 Å². The van der Waals surface area contributed by atoms with E-state index >= 15 is 0 Å². The number of nitrogens with zero attached hydrogens (tertiary/aromatic N) is 10. The first kappa shape index (κ1) is 60.2. The Hall–Kier alpha value is -8.89. The van der Waals surface area contributed by atoms with Gasteiger partial charge in [-0.05, 0) is 73.7 Å². The molecule has 1 atom stereocenters. The molecule has 7 aromatic rings. The number of rotatable bonds is 22. The summed E-state index contributed by atoms with van der Waals surface area (Å²) in [4.78, 5) is 69.8. The van der Waals surface area contributed by atoms with E-state index in [1.165, 1.54) is 18.3 Å². The van der Waals surface area contributed by atoms with Gasteiger partial charge in [-0.1, -0.05) is 123 Å². The zero-order valence-electron chi connectivity index (χ0n) is 46.6. The second kappa shape index (κ2) is 26.8. The van der Waals surface area contributed by atoms with Crippen LogP contribution in [-0.2, 0) is 62.6 Å². The van der Waals surface area contributed by atoms with Crippen molar-refractivity contribution < 1.29 is 51.5 Å². The number of phosphoric ester groups is 1. The number of primary amides is 1. The Kier molecular flexibility index (Phi) is 19.4. The highest BCUT2D eigenvalue weighted by Gasteiger charge is 2.37. The predicted octanol–water partition coefficient (Wildman–Crippen LogP) is 10.4. The molecule has 430 valence electrons. The van der Waals surface area contributed by atoms with E-state index < -0.39 is 56.1 Å². The van der Waals surface area contributed by atoms with E-state index in [9.17, 15) is 34.3 Å². The second-order valence-corrected chi connectivity index (χ2v) is 22.0. The number of aromatic nitrogens is 4. The number of piperazine rings is 1. The van der Waals surface area contributed by atoms with Gasteiger partial charge in [-0.25, -0.2) is 24.0 Å². The van der Waals surface area contributed by atoms with Crippen LogP contribution in [0.15, 0.2) is 121 Å². The third-order valence-corrected chi connectivity index (χ3v) is 15.3. The molecule has 3 amide bonds. The molecule has 3 heterocycles. The van der Waals surface area contributed by atoms with Crippen LogP contribution in [0.5, 0.6) is 5.75 Å². The van der Waals surface area contributed by atoms with E-state index in [0.717, 1.165) is 31.0 Å². The SMILES string of the molecule is CCN(C(=O)OCc1ccccc1)c1nc(N(C(=O)OCOC(=O)CC(C)(C)c2c(C)cc(C)cc2OP(=O)(OCc2ccccc2)OCc2ccccc2)c2cc(C#N)cc(N3CCN([C@@H](C)C(N)=O)CC3)c2Cl)nn2c(C#N)cnc12. The molecule has 2 aromatic heterocycles. The molecule has 1 saturated heterocycles. The molecule has 2 N–H and O–H groups in total. The number of nitrogens with two attached hydrogens (primary N) is 1. The van der Waals surface area contributed by atoms with Crippen molar-refractivity contribution in [3.8, 4) is 17.9 Å². The number of hydrogen-bond acceptors (Lipinski definition) is 18. The number of benzene rings is 5. The van der Waals surface area contributed by atoms with Crippen LogP contribution in [0.4, 0.5) is 32.7 Å². The first-order valence-electron chi connectivity index (χ1n) is 26.4. The monoisotopic (exact) mass is 1170 g/mol. The lowest BCUT2D eigenvalue weighted by molar-refractivity contribution is -0.153. The molecule has 22 nitrogen and oxygen atoms in total. The molecule has 1 aliphatic heterocycles. The minimum Gasteiger partial charge on any atom is -0.444 e. The van der Waals surface area contributed by atoms with Gasteiger partial charge in [-0.2, -0.15) is 20.0 Å². The first-order valence-corrected chi connectivity index (χ1v) is 28.2. The van der Waals surface area contributed by atoms with Crippen molar-refractivity contribution in [3.63, 3.8) is 0 Å². The molecule has 0 bridgehead atoms. The quantitative estimate of drug-likeness (QED) is 0.0375. The van der Waals surface area contributed by atoms with Crippen LogP contribution < -0.4 is 25.0 Å². The Morgan fingerprint density at radius 1 is 0.807 bits per heavy atom. The van der Waals surface area contributed by atoms with Crippen molar-refractivity contribution in [3.05, 3.63) is 171 Å². The van der Waals surface area contributed by atoms with Crippen molar-refractivity contribution in [2.45, 2.75) is 79.2 Å². The highest BCUT2D eigenvalue weighted by molar-refractivity contribution is 7.48. The fraction of sp³-hybridized carbons (Fsp3) is 0.305. The number of imidazole rings is 1. The zero-order valence-corrected chi connectivity index (χ0v) is 48.2. The zero-order chi connectivity index (χ0) is 59.4. The van der Waals surface area contributed by atoms with Crippen LogP contribution in [0, 0.1) is 36.5 Å². The summed E-state index contributed by atoms with van der Waals surface area (Å²) in [5, 5.41) is 25.2. The average molecular weight is 1170 g/mol. The summed E-state index contributed by atoms with van der Waals surface area (Å²) in [6.45, 7) is 10.6. The lowest BCUT2D eigenvalue weighted by atomic mass is 9.78. The standard InChI is InChI=1S/C59H61ClN11O11P/c1-7-69(57(74)77-35-42-17-11-8-12-18-42)55-54-64-34-46(33-62)71(54)66-56(65-55)70(48-30-45(32-61)29-47(52(48)60)68-25-23-67(24-26-68)41(4)53(63)73)58(75)79-38-78-50(72)31-59(5,6)51-40(3)27-39(2)28-49(51)82-83(76,80-36-43-19-13-9-14-20-43)81-37-44-21-15-10-16-22-44/h8-22,27-30,34,41H,7,23-26,31,35-38H2,1-6H3,(H2,63,73)/t41-/m0/s1. The van der Waals surface area contributed by atoms with Gasteiger partial charge in [-0.3, -0.25) is 28.4 Å². The van der Waals surface area contributed by atoms with Crippen LogP contribution in [0.3, 0.4) is 0 Å². The minimum absolute atomic E-state index is 0.0386. The van der Waals surface area contributed by atoms with Crippen molar-refractivity contribution in [1.29, 1.82) is 10.5 Å². The van der Waals surface area contributed by atoms with E-state index in [4.69, 9.17) is 45.1 Å². The van der Waals surface area contributed by atoms with E-state index in [2.05, 4.69) is 21.1 Å². The number of ether oxygens (including phenoxy) is 3. The van der Waals surface area contributed by atoms with E-state index in [1.54, 1.807) is 58.0 Å². The largest absolute Gasteiger partial charge is 0.530 e. The number of aryl methyl sites for hydroxylation is 2. The fourth-order valence-corrected chi connectivity index (χ4v) is 11.0. The number of carbonyl (C=O) groups excluding carboxylic acids is 4. The van der Waals surface area contributed by atoms with Crippen molar-refractivity contribution >= 4 is 72.3 Å². The first-order chi connectivity index (χ1) is 39.8. The Bertz CT molecular complexity index is 3580. The van der Waals surface area contributed by atoms with Gasteiger partial charge in [0.15, 0.2) is 17.2 Å². The number of amides is 3. The van der Waals surface area contributed by atoms with Crippen molar-refractivity contribution in [1.82, 2.24) is 24.5 Å². The maximum absolute atomic E-state index is 14.9.